The third-order valence-corrected chi connectivity index (χ3v) is 3.07. The summed E-state index contributed by atoms with van der Waals surface area (Å²) in [5, 5.41) is 0. The van der Waals surface area contributed by atoms with Gasteiger partial charge in [-0.15, -0.1) is 0 Å². The second kappa shape index (κ2) is 4.12. The molecule has 84 valence electrons. The fourth-order valence-corrected chi connectivity index (χ4v) is 1.85. The highest BCUT2D eigenvalue weighted by atomic mass is 16.2. The van der Waals surface area contributed by atoms with Crippen molar-refractivity contribution in [3.8, 4) is 0 Å². The van der Waals surface area contributed by atoms with Crippen LogP contribution in [0.2, 0.25) is 0 Å². The van der Waals surface area contributed by atoms with Gasteiger partial charge in [-0.2, -0.15) is 0 Å². The van der Waals surface area contributed by atoms with Crippen LogP contribution in [0.25, 0.3) is 6.08 Å². The molecule has 16 heavy (non-hydrogen) atoms. The molecule has 0 bridgehead atoms. The van der Waals surface area contributed by atoms with Gasteiger partial charge in [0.1, 0.15) is 0 Å². The van der Waals surface area contributed by atoms with Crippen LogP contribution in [0.4, 0.5) is 0 Å². The van der Waals surface area contributed by atoms with Crippen molar-refractivity contribution in [3.05, 3.63) is 41.5 Å². The van der Waals surface area contributed by atoms with Crippen LogP contribution in [0.1, 0.15) is 34.3 Å². The third-order valence-electron chi connectivity index (χ3n) is 3.07. The first-order chi connectivity index (χ1) is 7.63. The Morgan fingerprint density at radius 3 is 2.75 bits per heavy atom. The summed E-state index contributed by atoms with van der Waals surface area (Å²) in [6, 6.07) is 6.35. The Kier molecular flexibility index (Phi) is 2.82. The van der Waals surface area contributed by atoms with Gasteiger partial charge in [-0.05, 0) is 31.4 Å². The third kappa shape index (κ3) is 2.01. The maximum absolute atomic E-state index is 12.2. The number of carbonyl (C=O) groups is 1. The van der Waals surface area contributed by atoms with Crippen molar-refractivity contribution < 1.29 is 4.79 Å². The fraction of sp³-hybridized carbons (Fsp3) is 0.357. The van der Waals surface area contributed by atoms with E-state index in [1.165, 1.54) is 0 Å². The van der Waals surface area contributed by atoms with E-state index < -0.39 is 0 Å². The molecule has 0 N–H and O–H groups in total. The highest BCUT2D eigenvalue weighted by Gasteiger charge is 2.30. The molecule has 0 atom stereocenters. The van der Waals surface area contributed by atoms with E-state index in [-0.39, 0.29) is 5.91 Å². The molecule has 1 aromatic carbocycles. The van der Waals surface area contributed by atoms with Crippen molar-refractivity contribution in [2.75, 3.05) is 7.05 Å². The number of rotatable bonds is 3. The van der Waals surface area contributed by atoms with E-state index >= 15 is 0 Å². The SMILES string of the molecule is C=Cc1ccc(C)cc1C(=O)N(C)C1CC1. The number of benzene rings is 1. The van der Waals surface area contributed by atoms with Crippen molar-refractivity contribution in [2.45, 2.75) is 25.8 Å². The first-order valence-electron chi connectivity index (χ1n) is 5.63. The standard InChI is InChI=1S/C14H17NO/c1-4-11-6-5-10(2)9-13(11)14(16)15(3)12-7-8-12/h4-6,9,12H,1,7-8H2,2-3H3. The Hall–Kier alpha value is -1.57. The van der Waals surface area contributed by atoms with Gasteiger partial charge in [0.05, 0.1) is 0 Å². The van der Waals surface area contributed by atoms with Crippen LogP contribution in [0.3, 0.4) is 0 Å². The number of aryl methyl sites for hydroxylation is 1. The molecule has 1 aliphatic rings. The fourth-order valence-electron chi connectivity index (χ4n) is 1.85. The van der Waals surface area contributed by atoms with E-state index in [4.69, 9.17) is 0 Å². The lowest BCUT2D eigenvalue weighted by Crippen LogP contribution is -2.29. The van der Waals surface area contributed by atoms with Gasteiger partial charge < -0.3 is 4.90 Å². The van der Waals surface area contributed by atoms with E-state index in [0.29, 0.717) is 6.04 Å². The number of hydrogen-bond donors (Lipinski definition) is 0. The number of carbonyl (C=O) groups excluding carboxylic acids is 1. The Labute approximate surface area is 96.6 Å². The Morgan fingerprint density at radius 2 is 2.19 bits per heavy atom. The molecule has 1 aromatic rings. The molecule has 2 rings (SSSR count). The zero-order chi connectivity index (χ0) is 11.7. The summed E-state index contributed by atoms with van der Waals surface area (Å²) in [6.07, 6.45) is 4.02. The predicted octanol–water partition coefficient (Wildman–Crippen LogP) is 2.87. The first kappa shape index (κ1) is 10.9. The minimum atomic E-state index is 0.112. The Morgan fingerprint density at radius 1 is 1.50 bits per heavy atom. The van der Waals surface area contributed by atoms with Crippen LogP contribution in [0.5, 0.6) is 0 Å². The molecule has 0 radical (unpaired) electrons. The summed E-state index contributed by atoms with van der Waals surface area (Å²) in [6.45, 7) is 5.75. The Bertz CT molecular complexity index is 432. The summed E-state index contributed by atoms with van der Waals surface area (Å²) in [7, 11) is 1.88. The maximum atomic E-state index is 12.2. The van der Waals surface area contributed by atoms with Gasteiger partial charge in [-0.1, -0.05) is 30.4 Å². The zero-order valence-corrected chi connectivity index (χ0v) is 9.86. The monoisotopic (exact) mass is 215 g/mol. The van der Waals surface area contributed by atoms with Gasteiger partial charge in [0, 0.05) is 18.7 Å². The quantitative estimate of drug-likeness (QED) is 0.759. The van der Waals surface area contributed by atoms with Gasteiger partial charge in [0.2, 0.25) is 0 Å². The van der Waals surface area contributed by atoms with E-state index in [1.54, 1.807) is 6.08 Å². The summed E-state index contributed by atoms with van der Waals surface area (Å²) >= 11 is 0. The van der Waals surface area contributed by atoms with Gasteiger partial charge in [-0.25, -0.2) is 0 Å². The van der Waals surface area contributed by atoms with Crippen LogP contribution >= 0.6 is 0 Å². The zero-order valence-electron chi connectivity index (χ0n) is 9.86. The van der Waals surface area contributed by atoms with Gasteiger partial charge in [0.15, 0.2) is 0 Å². The molecule has 0 unspecified atom stereocenters. The van der Waals surface area contributed by atoms with Gasteiger partial charge >= 0.3 is 0 Å². The van der Waals surface area contributed by atoms with E-state index in [0.717, 1.165) is 29.5 Å². The normalized spacial score (nSPS) is 14.6. The van der Waals surface area contributed by atoms with Crippen LogP contribution in [0.15, 0.2) is 24.8 Å². The molecule has 2 nitrogen and oxygen atoms in total. The minimum absolute atomic E-state index is 0.112. The van der Waals surface area contributed by atoms with E-state index in [9.17, 15) is 4.79 Å². The van der Waals surface area contributed by atoms with Crippen LogP contribution in [-0.2, 0) is 0 Å². The molecule has 1 aliphatic carbocycles. The second-order valence-electron chi connectivity index (χ2n) is 4.44. The van der Waals surface area contributed by atoms with Crippen molar-refractivity contribution in [2.24, 2.45) is 0 Å². The van der Waals surface area contributed by atoms with Gasteiger partial charge in [0.25, 0.3) is 5.91 Å². The van der Waals surface area contributed by atoms with Crippen LogP contribution in [0, 0.1) is 6.92 Å². The molecular formula is C14H17NO. The highest BCUT2D eigenvalue weighted by Crippen LogP contribution is 2.27. The maximum Gasteiger partial charge on any atom is 0.254 e. The summed E-state index contributed by atoms with van der Waals surface area (Å²) < 4.78 is 0. The molecular weight excluding hydrogens is 198 g/mol. The van der Waals surface area contributed by atoms with Crippen molar-refractivity contribution in [1.29, 1.82) is 0 Å². The molecule has 0 spiro atoms. The van der Waals surface area contributed by atoms with E-state index in [1.807, 2.05) is 37.1 Å². The molecule has 1 amide bonds. The molecule has 0 saturated heterocycles. The van der Waals surface area contributed by atoms with Crippen molar-refractivity contribution in [1.82, 2.24) is 4.90 Å². The molecule has 1 fully saturated rings. The average molecular weight is 215 g/mol. The number of hydrogen-bond acceptors (Lipinski definition) is 1. The molecule has 0 aromatic heterocycles. The summed E-state index contributed by atoms with van der Waals surface area (Å²) in [5.74, 6) is 0.112. The van der Waals surface area contributed by atoms with Crippen LogP contribution < -0.4 is 0 Å². The first-order valence-corrected chi connectivity index (χ1v) is 5.63. The lowest BCUT2D eigenvalue weighted by molar-refractivity contribution is 0.0785. The summed E-state index contributed by atoms with van der Waals surface area (Å²) in [4.78, 5) is 14.1. The van der Waals surface area contributed by atoms with Crippen LogP contribution in [-0.4, -0.2) is 23.9 Å². The minimum Gasteiger partial charge on any atom is -0.339 e. The average Bonchev–Trinajstić information content (AvgIpc) is 3.11. The molecule has 0 heterocycles. The van der Waals surface area contributed by atoms with Crippen molar-refractivity contribution >= 4 is 12.0 Å². The topological polar surface area (TPSA) is 20.3 Å². The highest BCUT2D eigenvalue weighted by molar-refractivity contribution is 5.98. The number of amides is 1. The Balaban J connectivity index is 2.33. The van der Waals surface area contributed by atoms with Gasteiger partial charge in [-0.3, -0.25) is 4.79 Å². The van der Waals surface area contributed by atoms with Crippen molar-refractivity contribution in [3.63, 3.8) is 0 Å². The smallest absolute Gasteiger partial charge is 0.254 e. The lowest BCUT2D eigenvalue weighted by Gasteiger charge is -2.18. The molecule has 1 saturated carbocycles. The second-order valence-corrected chi connectivity index (χ2v) is 4.44. The number of nitrogens with zero attached hydrogens (tertiary/aromatic N) is 1. The largest absolute Gasteiger partial charge is 0.339 e. The summed E-state index contributed by atoms with van der Waals surface area (Å²) in [5.41, 5.74) is 2.80. The molecule has 2 heteroatoms. The van der Waals surface area contributed by atoms with E-state index in [2.05, 4.69) is 6.58 Å². The lowest BCUT2D eigenvalue weighted by atomic mass is 10.0. The molecule has 0 aliphatic heterocycles. The predicted molar refractivity (Wildman–Crippen MR) is 66.4 cm³/mol.